The maximum absolute atomic E-state index is 5.77. The second kappa shape index (κ2) is 7.13. The molecule has 0 aliphatic rings. The van der Waals surface area contributed by atoms with Crippen LogP contribution in [0.15, 0.2) is 30.5 Å². The Hall–Kier alpha value is -2.01. The van der Waals surface area contributed by atoms with Crippen molar-refractivity contribution in [1.29, 1.82) is 0 Å². The number of methoxy groups -OCH3 is 1. The smallest absolute Gasteiger partial charge is 0.161 e. The van der Waals surface area contributed by atoms with Gasteiger partial charge in [0.05, 0.1) is 26.0 Å². The molecule has 5 nitrogen and oxygen atoms in total. The maximum atomic E-state index is 5.77. The molecule has 1 atom stereocenters. The number of nitrogens with zero attached hydrogens (tertiary/aromatic N) is 2. The predicted molar refractivity (Wildman–Crippen MR) is 82.9 cm³/mol. The molecule has 1 unspecified atom stereocenters. The summed E-state index contributed by atoms with van der Waals surface area (Å²) in [6.45, 7) is 5.54. The average molecular weight is 289 g/mol. The number of ether oxygens (including phenoxy) is 2. The quantitative estimate of drug-likeness (QED) is 0.851. The van der Waals surface area contributed by atoms with Gasteiger partial charge in [0.25, 0.3) is 0 Å². The lowest BCUT2D eigenvalue weighted by Crippen LogP contribution is -2.25. The molecule has 0 amide bonds. The minimum atomic E-state index is -0.0276. The van der Waals surface area contributed by atoms with Crippen molar-refractivity contribution in [2.45, 2.75) is 19.9 Å². The molecule has 1 N–H and O–H groups in total. The normalized spacial score (nSPS) is 12.2. The predicted octanol–water partition coefficient (Wildman–Crippen LogP) is 2.53. The van der Waals surface area contributed by atoms with Crippen LogP contribution in [-0.4, -0.2) is 30.0 Å². The van der Waals surface area contributed by atoms with Gasteiger partial charge in [-0.15, -0.1) is 0 Å². The third kappa shape index (κ3) is 3.19. The third-order valence-corrected chi connectivity index (χ3v) is 3.38. The summed E-state index contributed by atoms with van der Waals surface area (Å²) in [6.07, 6.45) is 1.74. The monoisotopic (exact) mass is 289 g/mol. The lowest BCUT2D eigenvalue weighted by atomic mass is 10.0. The Bertz CT molecular complexity index is 581. The number of aromatic nitrogens is 2. The van der Waals surface area contributed by atoms with Crippen molar-refractivity contribution in [2.24, 2.45) is 7.05 Å². The second-order valence-electron chi connectivity index (χ2n) is 4.68. The van der Waals surface area contributed by atoms with E-state index in [0.717, 1.165) is 29.3 Å². The van der Waals surface area contributed by atoms with Gasteiger partial charge in [0.15, 0.2) is 5.75 Å². The molecule has 21 heavy (non-hydrogen) atoms. The van der Waals surface area contributed by atoms with Gasteiger partial charge in [-0.1, -0.05) is 25.1 Å². The number of para-hydroxylation sites is 1. The van der Waals surface area contributed by atoms with Gasteiger partial charge in [-0.05, 0) is 19.5 Å². The van der Waals surface area contributed by atoms with Gasteiger partial charge in [0, 0.05) is 12.6 Å². The Morgan fingerprint density at radius 3 is 2.67 bits per heavy atom. The van der Waals surface area contributed by atoms with Crippen LogP contribution >= 0.6 is 0 Å². The average Bonchev–Trinajstić information content (AvgIpc) is 2.87. The highest BCUT2D eigenvalue weighted by atomic mass is 16.5. The maximum Gasteiger partial charge on any atom is 0.161 e. The van der Waals surface area contributed by atoms with Crippen LogP contribution in [0.5, 0.6) is 11.5 Å². The van der Waals surface area contributed by atoms with Gasteiger partial charge < -0.3 is 14.8 Å². The molecule has 1 heterocycles. The summed E-state index contributed by atoms with van der Waals surface area (Å²) in [5.74, 6) is 1.66. The van der Waals surface area contributed by atoms with E-state index in [1.165, 1.54) is 0 Å². The number of hydrogen-bond donors (Lipinski definition) is 1. The Labute approximate surface area is 125 Å². The molecule has 114 valence electrons. The van der Waals surface area contributed by atoms with E-state index in [9.17, 15) is 0 Å². The first-order valence-corrected chi connectivity index (χ1v) is 7.23. The zero-order valence-electron chi connectivity index (χ0n) is 13.1. The summed E-state index contributed by atoms with van der Waals surface area (Å²) in [7, 11) is 3.59. The minimum Gasteiger partial charge on any atom is -0.494 e. The molecular weight excluding hydrogens is 266 g/mol. The molecule has 0 bridgehead atoms. The molecule has 5 heteroatoms. The summed E-state index contributed by atoms with van der Waals surface area (Å²) in [5, 5.41) is 7.80. The fourth-order valence-corrected chi connectivity index (χ4v) is 2.48. The van der Waals surface area contributed by atoms with E-state index in [1.54, 1.807) is 13.3 Å². The van der Waals surface area contributed by atoms with Crippen LogP contribution in [0.4, 0.5) is 0 Å². The highest BCUT2D eigenvalue weighted by Gasteiger charge is 2.24. The Morgan fingerprint density at radius 1 is 1.24 bits per heavy atom. The molecule has 0 radical (unpaired) electrons. The molecule has 0 saturated carbocycles. The molecule has 1 aromatic heterocycles. The highest BCUT2D eigenvalue weighted by Crippen LogP contribution is 2.34. The highest BCUT2D eigenvalue weighted by molar-refractivity contribution is 5.43. The Balaban J connectivity index is 2.51. The van der Waals surface area contributed by atoms with E-state index in [2.05, 4.69) is 23.4 Å². The van der Waals surface area contributed by atoms with Crippen molar-refractivity contribution in [1.82, 2.24) is 15.1 Å². The number of nitrogens with one attached hydrogen (secondary N) is 1. The fourth-order valence-electron chi connectivity index (χ4n) is 2.48. The van der Waals surface area contributed by atoms with E-state index < -0.39 is 0 Å². The lowest BCUT2D eigenvalue weighted by Gasteiger charge is -2.22. The second-order valence-corrected chi connectivity index (χ2v) is 4.68. The topological polar surface area (TPSA) is 48.3 Å². The van der Waals surface area contributed by atoms with Crippen molar-refractivity contribution >= 4 is 0 Å². The summed E-state index contributed by atoms with van der Waals surface area (Å²) >= 11 is 0. The molecule has 0 aliphatic heterocycles. The molecule has 0 saturated heterocycles. The molecule has 0 fully saturated rings. The minimum absolute atomic E-state index is 0.0276. The first-order valence-electron chi connectivity index (χ1n) is 7.23. The molecule has 2 aromatic rings. The molecular formula is C16H23N3O2. The number of rotatable bonds is 7. The number of hydrogen-bond acceptors (Lipinski definition) is 4. The van der Waals surface area contributed by atoms with Gasteiger partial charge in [-0.2, -0.15) is 5.10 Å². The van der Waals surface area contributed by atoms with Crippen LogP contribution in [0.1, 0.15) is 31.1 Å². The van der Waals surface area contributed by atoms with Gasteiger partial charge in [-0.3, -0.25) is 4.68 Å². The SMILES string of the molecule is CCNC(c1ccccc1OCC)c1c(OC)cnn1C. The van der Waals surface area contributed by atoms with E-state index in [-0.39, 0.29) is 6.04 Å². The van der Waals surface area contributed by atoms with E-state index in [0.29, 0.717) is 6.61 Å². The lowest BCUT2D eigenvalue weighted by molar-refractivity contribution is 0.332. The first kappa shape index (κ1) is 15.4. The molecule has 0 spiro atoms. The summed E-state index contributed by atoms with van der Waals surface area (Å²) in [6, 6.07) is 8.04. The molecule has 2 rings (SSSR count). The van der Waals surface area contributed by atoms with Crippen LogP contribution in [0.2, 0.25) is 0 Å². The van der Waals surface area contributed by atoms with E-state index >= 15 is 0 Å². The largest absolute Gasteiger partial charge is 0.494 e. The van der Waals surface area contributed by atoms with Crippen molar-refractivity contribution in [2.75, 3.05) is 20.3 Å². The van der Waals surface area contributed by atoms with Crippen LogP contribution in [0.25, 0.3) is 0 Å². The molecule has 0 aliphatic carbocycles. The van der Waals surface area contributed by atoms with Gasteiger partial charge in [0.2, 0.25) is 0 Å². The van der Waals surface area contributed by atoms with Gasteiger partial charge in [-0.25, -0.2) is 0 Å². The number of benzene rings is 1. The molecule has 1 aromatic carbocycles. The fraction of sp³-hybridized carbons (Fsp3) is 0.438. The Morgan fingerprint density at radius 2 is 2.00 bits per heavy atom. The van der Waals surface area contributed by atoms with Crippen LogP contribution in [0, 0.1) is 0 Å². The van der Waals surface area contributed by atoms with Crippen molar-refractivity contribution in [3.8, 4) is 11.5 Å². The van der Waals surface area contributed by atoms with Crippen LogP contribution < -0.4 is 14.8 Å². The summed E-state index contributed by atoms with van der Waals surface area (Å²) in [4.78, 5) is 0. The van der Waals surface area contributed by atoms with E-state index in [1.807, 2.05) is 36.9 Å². The van der Waals surface area contributed by atoms with Crippen molar-refractivity contribution < 1.29 is 9.47 Å². The number of aryl methyl sites for hydroxylation is 1. The third-order valence-electron chi connectivity index (χ3n) is 3.38. The zero-order valence-corrected chi connectivity index (χ0v) is 13.1. The Kier molecular flexibility index (Phi) is 5.22. The van der Waals surface area contributed by atoms with Crippen LogP contribution in [-0.2, 0) is 7.05 Å². The zero-order chi connectivity index (χ0) is 15.2. The van der Waals surface area contributed by atoms with Crippen LogP contribution in [0.3, 0.4) is 0 Å². The summed E-state index contributed by atoms with van der Waals surface area (Å²) < 4.78 is 13.1. The first-order chi connectivity index (χ1) is 10.2. The van der Waals surface area contributed by atoms with Gasteiger partial charge >= 0.3 is 0 Å². The van der Waals surface area contributed by atoms with E-state index in [4.69, 9.17) is 9.47 Å². The van der Waals surface area contributed by atoms with Crippen molar-refractivity contribution in [3.63, 3.8) is 0 Å². The van der Waals surface area contributed by atoms with Gasteiger partial charge in [0.1, 0.15) is 11.4 Å². The van der Waals surface area contributed by atoms with Crippen molar-refractivity contribution in [3.05, 3.63) is 41.7 Å². The standard InChI is InChI=1S/C16H23N3O2/c1-5-17-15(16-14(20-4)11-18-19(16)3)12-9-7-8-10-13(12)21-6-2/h7-11,15,17H,5-6H2,1-4H3. The summed E-state index contributed by atoms with van der Waals surface area (Å²) in [5.41, 5.74) is 2.08.